The predicted molar refractivity (Wildman–Crippen MR) is 141 cm³/mol. The van der Waals surface area contributed by atoms with E-state index in [0.717, 1.165) is 10.9 Å². The van der Waals surface area contributed by atoms with Crippen molar-refractivity contribution in [3.63, 3.8) is 0 Å². The number of fused-ring (bicyclic) bond motifs is 1. The first kappa shape index (κ1) is 24.9. The van der Waals surface area contributed by atoms with Crippen LogP contribution in [0.5, 0.6) is 0 Å². The standard InChI is InChI=1S/C27H24ClN3O5/c1-16(2)18-10-13-23-21(14-18)24(20-6-4-5-7-22(20)28)25(26(32)30(23)3)29-27(33)36-15-17-8-11-19(12-9-17)31(34)35/h4-14,16H,15H2,1-3H3,(H,29,33). The summed E-state index contributed by atoms with van der Waals surface area (Å²) in [7, 11) is 1.64. The molecule has 0 aliphatic carbocycles. The van der Waals surface area contributed by atoms with E-state index in [1.165, 1.54) is 28.8 Å². The number of amides is 1. The molecule has 1 N–H and O–H groups in total. The van der Waals surface area contributed by atoms with Gasteiger partial charge in [0.1, 0.15) is 12.3 Å². The summed E-state index contributed by atoms with van der Waals surface area (Å²) in [5.74, 6) is 0.244. The van der Waals surface area contributed by atoms with Crippen LogP contribution in [0.1, 0.15) is 30.9 Å². The Bertz CT molecular complexity index is 1530. The van der Waals surface area contributed by atoms with Crippen LogP contribution in [-0.4, -0.2) is 15.6 Å². The second-order valence-corrected chi connectivity index (χ2v) is 9.06. The number of benzene rings is 3. The number of carbonyl (C=O) groups is 1. The van der Waals surface area contributed by atoms with Gasteiger partial charge in [0, 0.05) is 40.7 Å². The number of aryl methyl sites for hydroxylation is 1. The number of hydrogen-bond acceptors (Lipinski definition) is 5. The molecule has 1 heterocycles. The van der Waals surface area contributed by atoms with Crippen LogP contribution in [0.4, 0.5) is 16.2 Å². The van der Waals surface area contributed by atoms with Gasteiger partial charge in [-0.25, -0.2) is 4.79 Å². The minimum absolute atomic E-state index is 0.0488. The summed E-state index contributed by atoms with van der Waals surface area (Å²) in [6.07, 6.45) is -0.835. The third kappa shape index (κ3) is 4.94. The van der Waals surface area contributed by atoms with E-state index in [2.05, 4.69) is 19.2 Å². The van der Waals surface area contributed by atoms with Crippen molar-refractivity contribution < 1.29 is 14.5 Å². The van der Waals surface area contributed by atoms with Crippen LogP contribution < -0.4 is 10.9 Å². The topological polar surface area (TPSA) is 103 Å². The molecule has 0 radical (unpaired) electrons. The smallest absolute Gasteiger partial charge is 0.412 e. The Balaban J connectivity index is 1.76. The van der Waals surface area contributed by atoms with Crippen molar-refractivity contribution in [3.8, 4) is 11.1 Å². The van der Waals surface area contributed by atoms with Gasteiger partial charge in [-0.2, -0.15) is 0 Å². The van der Waals surface area contributed by atoms with Crippen LogP contribution in [0, 0.1) is 10.1 Å². The third-order valence-corrected chi connectivity index (χ3v) is 6.30. The molecule has 0 atom stereocenters. The van der Waals surface area contributed by atoms with E-state index >= 15 is 0 Å². The normalized spacial score (nSPS) is 11.0. The average molecular weight is 506 g/mol. The molecule has 3 aromatic carbocycles. The lowest BCUT2D eigenvalue weighted by Gasteiger charge is -2.19. The number of hydrogen-bond donors (Lipinski definition) is 1. The highest BCUT2D eigenvalue weighted by molar-refractivity contribution is 6.34. The fourth-order valence-corrected chi connectivity index (χ4v) is 4.22. The molecule has 9 heteroatoms. The Kier molecular flexibility index (Phi) is 7.07. The first-order chi connectivity index (χ1) is 17.2. The molecule has 0 fully saturated rings. The van der Waals surface area contributed by atoms with Crippen molar-refractivity contribution in [3.05, 3.63) is 103 Å². The van der Waals surface area contributed by atoms with Gasteiger partial charge < -0.3 is 9.30 Å². The van der Waals surface area contributed by atoms with Crippen LogP contribution in [0.15, 0.2) is 71.5 Å². The van der Waals surface area contributed by atoms with Crippen molar-refractivity contribution in [2.75, 3.05) is 5.32 Å². The SMILES string of the molecule is CC(C)c1ccc2c(c1)c(-c1ccccc1Cl)c(NC(=O)OCc1ccc([N+](=O)[O-])cc1)c(=O)n2C. The fourth-order valence-electron chi connectivity index (χ4n) is 3.98. The van der Waals surface area contributed by atoms with E-state index in [9.17, 15) is 19.7 Å². The number of nitro benzene ring substituents is 1. The molecule has 0 bridgehead atoms. The first-order valence-corrected chi connectivity index (χ1v) is 11.6. The number of nitro groups is 1. The van der Waals surface area contributed by atoms with Gasteiger partial charge in [-0.3, -0.25) is 20.2 Å². The van der Waals surface area contributed by atoms with Gasteiger partial charge in [-0.1, -0.05) is 49.7 Å². The Morgan fingerprint density at radius 2 is 1.81 bits per heavy atom. The number of aromatic nitrogens is 1. The Labute approximate surface area is 212 Å². The second kappa shape index (κ2) is 10.2. The molecule has 184 valence electrons. The van der Waals surface area contributed by atoms with Crippen LogP contribution in [0.3, 0.4) is 0 Å². The Morgan fingerprint density at radius 1 is 1.11 bits per heavy atom. The van der Waals surface area contributed by atoms with Crippen molar-refractivity contribution in [1.29, 1.82) is 0 Å². The molecule has 0 saturated carbocycles. The summed E-state index contributed by atoms with van der Waals surface area (Å²) in [6.45, 7) is 4.02. The van der Waals surface area contributed by atoms with Gasteiger partial charge in [0.25, 0.3) is 11.2 Å². The number of rotatable bonds is 6. The molecular weight excluding hydrogens is 482 g/mol. The highest BCUT2D eigenvalue weighted by Crippen LogP contribution is 2.38. The zero-order chi connectivity index (χ0) is 26.0. The largest absolute Gasteiger partial charge is 0.444 e. The highest BCUT2D eigenvalue weighted by Gasteiger charge is 2.21. The molecule has 1 amide bonds. The summed E-state index contributed by atoms with van der Waals surface area (Å²) in [4.78, 5) is 36.5. The lowest BCUT2D eigenvalue weighted by atomic mass is 9.94. The molecule has 0 spiro atoms. The van der Waals surface area contributed by atoms with Gasteiger partial charge >= 0.3 is 6.09 Å². The van der Waals surface area contributed by atoms with E-state index in [-0.39, 0.29) is 23.9 Å². The Morgan fingerprint density at radius 3 is 2.44 bits per heavy atom. The van der Waals surface area contributed by atoms with Gasteiger partial charge in [-0.05, 0) is 47.4 Å². The van der Waals surface area contributed by atoms with Crippen LogP contribution >= 0.6 is 11.6 Å². The number of pyridine rings is 1. The quantitative estimate of drug-likeness (QED) is 0.233. The van der Waals surface area contributed by atoms with Crippen LogP contribution in [-0.2, 0) is 18.4 Å². The van der Waals surface area contributed by atoms with Crippen molar-refractivity contribution >= 4 is 40.0 Å². The zero-order valence-corrected chi connectivity index (χ0v) is 20.7. The van der Waals surface area contributed by atoms with E-state index in [0.29, 0.717) is 27.2 Å². The van der Waals surface area contributed by atoms with Crippen molar-refractivity contribution in [1.82, 2.24) is 4.57 Å². The number of carbonyl (C=O) groups excluding carboxylic acids is 1. The maximum Gasteiger partial charge on any atom is 0.412 e. The lowest BCUT2D eigenvalue weighted by molar-refractivity contribution is -0.384. The molecule has 0 saturated heterocycles. The van der Waals surface area contributed by atoms with E-state index in [4.69, 9.17) is 16.3 Å². The average Bonchev–Trinajstić information content (AvgIpc) is 2.86. The third-order valence-electron chi connectivity index (χ3n) is 5.97. The molecule has 8 nitrogen and oxygen atoms in total. The zero-order valence-electron chi connectivity index (χ0n) is 19.9. The number of non-ortho nitro benzene ring substituents is 1. The molecule has 1 aromatic heterocycles. The summed E-state index contributed by atoms with van der Waals surface area (Å²) in [6, 6.07) is 18.7. The maximum absolute atomic E-state index is 13.4. The minimum Gasteiger partial charge on any atom is -0.444 e. The molecule has 4 aromatic rings. The van der Waals surface area contributed by atoms with Crippen molar-refractivity contribution in [2.45, 2.75) is 26.4 Å². The summed E-state index contributed by atoms with van der Waals surface area (Å²) in [5, 5.41) is 14.7. The predicted octanol–water partition coefficient (Wildman–Crippen LogP) is 6.64. The second-order valence-electron chi connectivity index (χ2n) is 8.65. The molecule has 0 aliphatic heterocycles. The maximum atomic E-state index is 13.4. The van der Waals surface area contributed by atoms with E-state index in [1.807, 2.05) is 24.3 Å². The summed E-state index contributed by atoms with van der Waals surface area (Å²) in [5.41, 5.74) is 3.02. The molecular formula is C27H24ClN3O5. The van der Waals surface area contributed by atoms with Gasteiger partial charge in [0.2, 0.25) is 0 Å². The lowest BCUT2D eigenvalue weighted by Crippen LogP contribution is -2.26. The number of nitrogens with zero attached hydrogens (tertiary/aromatic N) is 2. The minimum atomic E-state index is -0.835. The monoisotopic (exact) mass is 505 g/mol. The number of halogens is 1. The molecule has 0 unspecified atom stereocenters. The summed E-state index contributed by atoms with van der Waals surface area (Å²) >= 11 is 6.54. The summed E-state index contributed by atoms with van der Waals surface area (Å²) < 4.78 is 6.80. The van der Waals surface area contributed by atoms with Gasteiger partial charge in [0.15, 0.2) is 0 Å². The molecule has 0 aliphatic rings. The fraction of sp³-hybridized carbons (Fsp3) is 0.185. The number of anilines is 1. The Hall–Kier alpha value is -4.17. The number of ether oxygens (including phenoxy) is 1. The number of nitrogens with one attached hydrogen (secondary N) is 1. The van der Waals surface area contributed by atoms with Crippen LogP contribution in [0.2, 0.25) is 5.02 Å². The molecule has 36 heavy (non-hydrogen) atoms. The van der Waals surface area contributed by atoms with E-state index < -0.39 is 16.6 Å². The van der Waals surface area contributed by atoms with E-state index in [1.54, 1.807) is 25.2 Å². The van der Waals surface area contributed by atoms with Crippen LogP contribution in [0.25, 0.3) is 22.0 Å². The van der Waals surface area contributed by atoms with Crippen molar-refractivity contribution in [2.24, 2.45) is 7.05 Å². The highest BCUT2D eigenvalue weighted by atomic mass is 35.5. The van der Waals surface area contributed by atoms with Gasteiger partial charge in [-0.15, -0.1) is 0 Å². The molecule has 4 rings (SSSR count). The first-order valence-electron chi connectivity index (χ1n) is 11.3. The van der Waals surface area contributed by atoms with Gasteiger partial charge in [0.05, 0.1) is 10.4 Å².